The van der Waals surface area contributed by atoms with Crippen LogP contribution in [0.1, 0.15) is 5.56 Å². The second-order valence-corrected chi connectivity index (χ2v) is 5.86. The van der Waals surface area contributed by atoms with Gasteiger partial charge in [0.2, 0.25) is 0 Å². The summed E-state index contributed by atoms with van der Waals surface area (Å²) in [5, 5.41) is 1.51. The molecule has 0 N–H and O–H groups in total. The summed E-state index contributed by atoms with van der Waals surface area (Å²) in [6.45, 7) is 2.15. The van der Waals surface area contributed by atoms with Gasteiger partial charge in [-0.2, -0.15) is 0 Å². The molecule has 0 radical (unpaired) electrons. The predicted octanol–water partition coefficient (Wildman–Crippen LogP) is 6.64. The Balaban J connectivity index is 2.10. The monoisotopic (exact) mass is 312 g/mol. The van der Waals surface area contributed by atoms with Crippen molar-refractivity contribution in [1.82, 2.24) is 0 Å². The SMILES string of the molecule is Cc1c(-c2ccc(Cl)cc2)cccc1-c1ccc(Cl)cc1. The number of hydrogen-bond donors (Lipinski definition) is 0. The summed E-state index contributed by atoms with van der Waals surface area (Å²) in [4.78, 5) is 0. The van der Waals surface area contributed by atoms with E-state index in [9.17, 15) is 0 Å². The summed E-state index contributed by atoms with van der Waals surface area (Å²) in [6.07, 6.45) is 0. The Morgan fingerprint density at radius 3 is 1.33 bits per heavy atom. The van der Waals surface area contributed by atoms with Crippen LogP contribution in [-0.2, 0) is 0 Å². The van der Waals surface area contributed by atoms with Crippen LogP contribution in [0.25, 0.3) is 22.3 Å². The molecule has 0 saturated heterocycles. The zero-order chi connectivity index (χ0) is 14.8. The first kappa shape index (κ1) is 14.2. The van der Waals surface area contributed by atoms with Crippen LogP contribution in [-0.4, -0.2) is 0 Å². The summed E-state index contributed by atoms with van der Waals surface area (Å²) in [7, 11) is 0. The van der Waals surface area contributed by atoms with Crippen molar-refractivity contribution in [2.24, 2.45) is 0 Å². The predicted molar refractivity (Wildman–Crippen MR) is 92.1 cm³/mol. The van der Waals surface area contributed by atoms with Crippen molar-refractivity contribution in [2.45, 2.75) is 6.92 Å². The summed E-state index contributed by atoms with van der Waals surface area (Å²) in [5.41, 5.74) is 6.04. The Hall–Kier alpha value is -1.76. The smallest absolute Gasteiger partial charge is 0.0406 e. The molecule has 0 unspecified atom stereocenters. The van der Waals surface area contributed by atoms with Crippen molar-refractivity contribution in [3.63, 3.8) is 0 Å². The first-order valence-electron chi connectivity index (χ1n) is 6.76. The lowest BCUT2D eigenvalue weighted by Crippen LogP contribution is -1.88. The van der Waals surface area contributed by atoms with E-state index in [0.717, 1.165) is 10.0 Å². The minimum absolute atomic E-state index is 0.755. The number of hydrogen-bond acceptors (Lipinski definition) is 0. The molecule has 0 heterocycles. The minimum atomic E-state index is 0.755. The van der Waals surface area contributed by atoms with E-state index >= 15 is 0 Å². The Bertz CT molecular complexity index is 693. The maximum Gasteiger partial charge on any atom is 0.0406 e. The molecular formula is C19H14Cl2. The van der Waals surface area contributed by atoms with Crippen molar-refractivity contribution in [1.29, 1.82) is 0 Å². The van der Waals surface area contributed by atoms with Crippen LogP contribution in [0.5, 0.6) is 0 Å². The topological polar surface area (TPSA) is 0 Å². The fourth-order valence-corrected chi connectivity index (χ4v) is 2.77. The minimum Gasteiger partial charge on any atom is -0.0843 e. The molecule has 21 heavy (non-hydrogen) atoms. The molecular weight excluding hydrogens is 299 g/mol. The molecule has 0 atom stereocenters. The highest BCUT2D eigenvalue weighted by Crippen LogP contribution is 2.32. The van der Waals surface area contributed by atoms with Gasteiger partial charge in [0.25, 0.3) is 0 Å². The van der Waals surface area contributed by atoms with Gasteiger partial charge in [0.1, 0.15) is 0 Å². The second kappa shape index (κ2) is 5.93. The first-order chi connectivity index (χ1) is 10.1. The zero-order valence-electron chi connectivity index (χ0n) is 11.6. The highest BCUT2D eigenvalue weighted by atomic mass is 35.5. The van der Waals surface area contributed by atoms with E-state index in [1.165, 1.54) is 27.8 Å². The summed E-state index contributed by atoms with van der Waals surface area (Å²) < 4.78 is 0. The van der Waals surface area contributed by atoms with Gasteiger partial charge in [0.15, 0.2) is 0 Å². The third-order valence-corrected chi connectivity index (χ3v) is 4.15. The molecule has 0 nitrogen and oxygen atoms in total. The normalized spacial score (nSPS) is 10.6. The van der Waals surface area contributed by atoms with Crippen LogP contribution in [0.3, 0.4) is 0 Å². The van der Waals surface area contributed by atoms with Gasteiger partial charge in [-0.25, -0.2) is 0 Å². The van der Waals surface area contributed by atoms with Crippen molar-refractivity contribution < 1.29 is 0 Å². The molecule has 0 aliphatic carbocycles. The molecule has 3 aromatic rings. The van der Waals surface area contributed by atoms with Crippen LogP contribution >= 0.6 is 23.2 Å². The van der Waals surface area contributed by atoms with Crippen LogP contribution in [0, 0.1) is 6.92 Å². The molecule has 0 aromatic heterocycles. The second-order valence-electron chi connectivity index (χ2n) is 4.99. The molecule has 0 saturated carbocycles. The average Bonchev–Trinajstić information content (AvgIpc) is 2.50. The van der Waals surface area contributed by atoms with E-state index in [4.69, 9.17) is 23.2 Å². The summed E-state index contributed by atoms with van der Waals surface area (Å²) in [6, 6.07) is 22.3. The third kappa shape index (κ3) is 2.97. The molecule has 0 aliphatic heterocycles. The maximum atomic E-state index is 5.97. The van der Waals surface area contributed by atoms with Crippen LogP contribution < -0.4 is 0 Å². The fraction of sp³-hybridized carbons (Fsp3) is 0.0526. The van der Waals surface area contributed by atoms with Crippen LogP contribution in [0.4, 0.5) is 0 Å². The number of halogens is 2. The Labute approximate surface area is 135 Å². The van der Waals surface area contributed by atoms with Gasteiger partial charge in [0, 0.05) is 10.0 Å². The Kier molecular flexibility index (Phi) is 4.01. The molecule has 0 amide bonds. The van der Waals surface area contributed by atoms with Crippen molar-refractivity contribution in [3.05, 3.63) is 82.3 Å². The lowest BCUT2D eigenvalue weighted by Gasteiger charge is -2.12. The van der Waals surface area contributed by atoms with Crippen LogP contribution in [0.15, 0.2) is 66.7 Å². The van der Waals surface area contributed by atoms with E-state index in [1.54, 1.807) is 0 Å². The van der Waals surface area contributed by atoms with E-state index in [2.05, 4.69) is 49.4 Å². The zero-order valence-corrected chi connectivity index (χ0v) is 13.1. The van der Waals surface area contributed by atoms with Gasteiger partial charge in [-0.05, 0) is 59.0 Å². The van der Waals surface area contributed by atoms with Crippen molar-refractivity contribution in [2.75, 3.05) is 0 Å². The van der Waals surface area contributed by atoms with Gasteiger partial charge in [-0.3, -0.25) is 0 Å². The van der Waals surface area contributed by atoms with E-state index < -0.39 is 0 Å². The molecule has 3 rings (SSSR count). The Morgan fingerprint density at radius 2 is 0.952 bits per heavy atom. The van der Waals surface area contributed by atoms with Gasteiger partial charge in [-0.15, -0.1) is 0 Å². The van der Waals surface area contributed by atoms with E-state index in [0.29, 0.717) is 0 Å². The summed E-state index contributed by atoms with van der Waals surface area (Å²) >= 11 is 11.9. The van der Waals surface area contributed by atoms with Crippen LogP contribution in [0.2, 0.25) is 10.0 Å². The van der Waals surface area contributed by atoms with E-state index in [-0.39, 0.29) is 0 Å². The van der Waals surface area contributed by atoms with Gasteiger partial charge in [0.05, 0.1) is 0 Å². The average molecular weight is 313 g/mol. The molecule has 3 aromatic carbocycles. The van der Waals surface area contributed by atoms with Crippen molar-refractivity contribution in [3.8, 4) is 22.3 Å². The third-order valence-electron chi connectivity index (χ3n) is 3.64. The fourth-order valence-electron chi connectivity index (χ4n) is 2.52. The first-order valence-corrected chi connectivity index (χ1v) is 7.52. The molecule has 0 aliphatic rings. The molecule has 0 fully saturated rings. The van der Waals surface area contributed by atoms with Gasteiger partial charge in [-0.1, -0.05) is 65.7 Å². The van der Waals surface area contributed by atoms with Gasteiger partial charge >= 0.3 is 0 Å². The standard InChI is InChI=1S/C19H14Cl2/c1-13-18(14-5-9-16(20)10-6-14)3-2-4-19(13)15-7-11-17(21)12-8-15/h2-12H,1H3. The lowest BCUT2D eigenvalue weighted by atomic mass is 9.93. The highest BCUT2D eigenvalue weighted by molar-refractivity contribution is 6.30. The number of benzene rings is 3. The lowest BCUT2D eigenvalue weighted by molar-refractivity contribution is 1.45. The highest BCUT2D eigenvalue weighted by Gasteiger charge is 2.08. The molecule has 2 heteroatoms. The maximum absolute atomic E-state index is 5.97. The van der Waals surface area contributed by atoms with Crippen molar-refractivity contribution >= 4 is 23.2 Å². The van der Waals surface area contributed by atoms with Gasteiger partial charge < -0.3 is 0 Å². The van der Waals surface area contributed by atoms with E-state index in [1.807, 2.05) is 24.3 Å². The molecule has 0 bridgehead atoms. The Morgan fingerprint density at radius 1 is 0.571 bits per heavy atom. The summed E-state index contributed by atoms with van der Waals surface area (Å²) in [5.74, 6) is 0. The quantitative estimate of drug-likeness (QED) is 0.497. The number of rotatable bonds is 2. The molecule has 0 spiro atoms. The largest absolute Gasteiger partial charge is 0.0843 e. The molecule has 104 valence electrons.